The van der Waals surface area contributed by atoms with E-state index in [0.29, 0.717) is 42.8 Å². The Morgan fingerprint density at radius 2 is 2.05 bits per heavy atom. The Labute approximate surface area is 121 Å². The summed E-state index contributed by atoms with van der Waals surface area (Å²) in [7, 11) is 0. The van der Waals surface area contributed by atoms with E-state index in [9.17, 15) is 9.90 Å². The van der Waals surface area contributed by atoms with E-state index in [1.807, 2.05) is 4.90 Å². The minimum Gasteiger partial charge on any atom is -0.480 e. The lowest BCUT2D eigenvalue weighted by Crippen LogP contribution is -2.48. The maximum absolute atomic E-state index is 11.4. The number of hydrogen-bond donors (Lipinski definition) is 1. The number of benzene rings is 1. The maximum atomic E-state index is 11.4. The Morgan fingerprint density at radius 3 is 2.63 bits per heavy atom. The van der Waals surface area contributed by atoms with Gasteiger partial charge in [-0.05, 0) is 17.7 Å². The van der Waals surface area contributed by atoms with Gasteiger partial charge in [0.15, 0.2) is 0 Å². The van der Waals surface area contributed by atoms with Crippen LogP contribution < -0.4 is 0 Å². The standard InChI is InChI=1S/C13H15Cl2NO3/c14-10-2-1-9(11(15)8-10)7-12(13(17)18)16-3-5-19-6-4-16/h1-2,8,12H,3-7H2,(H,17,18). The van der Waals surface area contributed by atoms with Crippen LogP contribution in [0.4, 0.5) is 0 Å². The smallest absolute Gasteiger partial charge is 0.321 e. The molecule has 1 heterocycles. The number of halogens is 2. The van der Waals surface area contributed by atoms with E-state index >= 15 is 0 Å². The zero-order chi connectivity index (χ0) is 13.8. The summed E-state index contributed by atoms with van der Waals surface area (Å²) in [5, 5.41) is 10.4. The molecule has 0 bridgehead atoms. The first kappa shape index (κ1) is 14.6. The SMILES string of the molecule is O=C(O)C(Cc1ccc(Cl)cc1Cl)N1CCOCC1. The van der Waals surface area contributed by atoms with Crippen LogP contribution in [0.1, 0.15) is 5.56 Å². The Hall–Kier alpha value is -0.810. The molecule has 0 amide bonds. The second kappa shape index (κ2) is 6.57. The summed E-state index contributed by atoms with van der Waals surface area (Å²) in [6.07, 6.45) is 0.366. The van der Waals surface area contributed by atoms with Crippen LogP contribution in [0.3, 0.4) is 0 Å². The van der Waals surface area contributed by atoms with Gasteiger partial charge in [0.1, 0.15) is 6.04 Å². The van der Waals surface area contributed by atoms with Gasteiger partial charge >= 0.3 is 5.97 Å². The highest BCUT2D eigenvalue weighted by Gasteiger charge is 2.27. The maximum Gasteiger partial charge on any atom is 0.321 e. The lowest BCUT2D eigenvalue weighted by molar-refractivity contribution is -0.145. The first-order chi connectivity index (χ1) is 9.08. The first-order valence-electron chi connectivity index (χ1n) is 6.06. The topological polar surface area (TPSA) is 49.8 Å². The van der Waals surface area contributed by atoms with Crippen LogP contribution >= 0.6 is 23.2 Å². The number of carboxylic acid groups (broad SMARTS) is 1. The molecule has 1 atom stereocenters. The van der Waals surface area contributed by atoms with Gasteiger partial charge in [0, 0.05) is 29.6 Å². The predicted molar refractivity (Wildman–Crippen MR) is 74.0 cm³/mol. The molecule has 104 valence electrons. The third-order valence-corrected chi connectivity index (χ3v) is 3.79. The van der Waals surface area contributed by atoms with Crippen molar-refractivity contribution in [1.82, 2.24) is 4.90 Å². The molecule has 1 aromatic carbocycles. The van der Waals surface area contributed by atoms with E-state index in [1.165, 1.54) is 0 Å². The third kappa shape index (κ3) is 3.83. The highest BCUT2D eigenvalue weighted by Crippen LogP contribution is 2.23. The van der Waals surface area contributed by atoms with E-state index in [1.54, 1.807) is 18.2 Å². The van der Waals surface area contributed by atoms with Crippen LogP contribution in [-0.2, 0) is 16.0 Å². The molecule has 1 saturated heterocycles. The molecule has 4 nitrogen and oxygen atoms in total. The van der Waals surface area contributed by atoms with Gasteiger partial charge in [-0.25, -0.2) is 0 Å². The fourth-order valence-corrected chi connectivity index (χ4v) is 2.64. The second-order valence-electron chi connectivity index (χ2n) is 4.44. The molecule has 1 N–H and O–H groups in total. The van der Waals surface area contributed by atoms with E-state index in [4.69, 9.17) is 27.9 Å². The van der Waals surface area contributed by atoms with Crippen molar-refractivity contribution >= 4 is 29.2 Å². The van der Waals surface area contributed by atoms with Crippen molar-refractivity contribution in [3.05, 3.63) is 33.8 Å². The summed E-state index contributed by atoms with van der Waals surface area (Å²) in [4.78, 5) is 13.3. The molecule has 6 heteroatoms. The van der Waals surface area contributed by atoms with Crippen molar-refractivity contribution in [2.75, 3.05) is 26.3 Å². The highest BCUT2D eigenvalue weighted by atomic mass is 35.5. The van der Waals surface area contributed by atoms with E-state index in [0.717, 1.165) is 5.56 Å². The lowest BCUT2D eigenvalue weighted by Gasteiger charge is -2.32. The summed E-state index contributed by atoms with van der Waals surface area (Å²) in [6, 6.07) is 4.56. The van der Waals surface area contributed by atoms with Crippen LogP contribution in [0.25, 0.3) is 0 Å². The van der Waals surface area contributed by atoms with Gasteiger partial charge in [0.2, 0.25) is 0 Å². The van der Waals surface area contributed by atoms with Gasteiger partial charge in [0.25, 0.3) is 0 Å². The molecule has 0 spiro atoms. The molecule has 0 radical (unpaired) electrons. The van der Waals surface area contributed by atoms with Crippen LogP contribution in [0.15, 0.2) is 18.2 Å². The van der Waals surface area contributed by atoms with E-state index in [-0.39, 0.29) is 0 Å². The van der Waals surface area contributed by atoms with Gasteiger partial charge in [0.05, 0.1) is 13.2 Å². The quantitative estimate of drug-likeness (QED) is 0.927. The Morgan fingerprint density at radius 1 is 1.37 bits per heavy atom. The van der Waals surface area contributed by atoms with Gasteiger partial charge in [-0.3, -0.25) is 9.69 Å². The van der Waals surface area contributed by atoms with Crippen molar-refractivity contribution in [1.29, 1.82) is 0 Å². The molecule has 2 rings (SSSR count). The second-order valence-corrected chi connectivity index (χ2v) is 5.29. The van der Waals surface area contributed by atoms with Gasteiger partial charge in [-0.2, -0.15) is 0 Å². The average molecular weight is 304 g/mol. The normalized spacial score (nSPS) is 18.2. The summed E-state index contributed by atoms with van der Waals surface area (Å²) in [5.41, 5.74) is 0.796. The van der Waals surface area contributed by atoms with Gasteiger partial charge in [-0.1, -0.05) is 29.3 Å². The largest absolute Gasteiger partial charge is 0.480 e. The molecule has 0 aromatic heterocycles. The number of rotatable bonds is 4. The summed E-state index contributed by atoms with van der Waals surface area (Å²) < 4.78 is 5.24. The van der Waals surface area contributed by atoms with Crippen LogP contribution in [0, 0.1) is 0 Å². The Balaban J connectivity index is 2.13. The fourth-order valence-electron chi connectivity index (χ4n) is 2.16. The molecule has 19 heavy (non-hydrogen) atoms. The molecular weight excluding hydrogens is 289 g/mol. The summed E-state index contributed by atoms with van der Waals surface area (Å²) in [6.45, 7) is 2.39. The number of carbonyl (C=O) groups is 1. The Bertz CT molecular complexity index is 461. The fraction of sp³-hybridized carbons (Fsp3) is 0.462. The van der Waals surface area contributed by atoms with Crippen molar-refractivity contribution in [3.8, 4) is 0 Å². The highest BCUT2D eigenvalue weighted by molar-refractivity contribution is 6.35. The molecule has 1 unspecified atom stereocenters. The average Bonchev–Trinajstić information content (AvgIpc) is 2.38. The van der Waals surface area contributed by atoms with Crippen LogP contribution in [0.5, 0.6) is 0 Å². The number of nitrogens with zero attached hydrogens (tertiary/aromatic N) is 1. The third-order valence-electron chi connectivity index (χ3n) is 3.20. The zero-order valence-electron chi connectivity index (χ0n) is 10.3. The first-order valence-corrected chi connectivity index (χ1v) is 6.82. The van der Waals surface area contributed by atoms with Crippen LogP contribution in [0.2, 0.25) is 10.0 Å². The molecule has 1 aliphatic heterocycles. The molecule has 1 fully saturated rings. The van der Waals surface area contributed by atoms with E-state index in [2.05, 4.69) is 0 Å². The summed E-state index contributed by atoms with van der Waals surface area (Å²) >= 11 is 11.9. The Kier molecular flexibility index (Phi) is 5.05. The van der Waals surface area contributed by atoms with Crippen LogP contribution in [-0.4, -0.2) is 48.3 Å². The molecular formula is C13H15Cl2NO3. The number of carboxylic acids is 1. The van der Waals surface area contributed by atoms with Crippen molar-refractivity contribution in [2.45, 2.75) is 12.5 Å². The van der Waals surface area contributed by atoms with Crippen molar-refractivity contribution in [3.63, 3.8) is 0 Å². The van der Waals surface area contributed by atoms with Crippen molar-refractivity contribution < 1.29 is 14.6 Å². The van der Waals surface area contributed by atoms with Gasteiger partial charge < -0.3 is 9.84 Å². The monoisotopic (exact) mass is 303 g/mol. The number of hydrogen-bond acceptors (Lipinski definition) is 3. The number of morpholine rings is 1. The predicted octanol–water partition coefficient (Wildman–Crippen LogP) is 2.32. The number of ether oxygens (including phenoxy) is 1. The zero-order valence-corrected chi connectivity index (χ0v) is 11.8. The molecule has 0 saturated carbocycles. The molecule has 1 aromatic rings. The lowest BCUT2D eigenvalue weighted by atomic mass is 10.0. The minimum atomic E-state index is -0.840. The molecule has 1 aliphatic rings. The molecule has 0 aliphatic carbocycles. The van der Waals surface area contributed by atoms with Gasteiger partial charge in [-0.15, -0.1) is 0 Å². The van der Waals surface area contributed by atoms with Crippen molar-refractivity contribution in [2.24, 2.45) is 0 Å². The van der Waals surface area contributed by atoms with E-state index < -0.39 is 12.0 Å². The number of aliphatic carboxylic acids is 1. The summed E-state index contributed by atoms with van der Waals surface area (Å²) in [5.74, 6) is -0.840. The minimum absolute atomic E-state index is 0.366.